The van der Waals surface area contributed by atoms with E-state index in [-0.39, 0.29) is 11.7 Å². The fourth-order valence-electron chi connectivity index (χ4n) is 2.25. The number of carbonyl (C=O) groups is 1. The van der Waals surface area contributed by atoms with E-state index in [1.807, 2.05) is 0 Å². The molecule has 1 amide bonds. The molecule has 2 aromatic rings. The van der Waals surface area contributed by atoms with Gasteiger partial charge in [0.2, 0.25) is 5.91 Å². The van der Waals surface area contributed by atoms with E-state index in [9.17, 15) is 14.3 Å². The molecule has 0 spiro atoms. The number of phenolic OH excluding ortho intramolecular Hbond substituents is 1. The number of nitrogens with one attached hydrogen (secondary N) is 2. The lowest BCUT2D eigenvalue weighted by Gasteiger charge is -2.27. The van der Waals surface area contributed by atoms with Crippen molar-refractivity contribution in [1.82, 2.24) is 0 Å². The van der Waals surface area contributed by atoms with Gasteiger partial charge in [-0.1, -0.05) is 12.1 Å². The number of hydrogen-bond acceptors (Lipinski definition) is 3. The average molecular weight is 351 g/mol. The number of hydrogen-bond donors (Lipinski definition) is 3. The second-order valence-electron chi connectivity index (χ2n) is 4.87. The molecule has 0 aliphatic carbocycles. The van der Waals surface area contributed by atoms with E-state index in [0.717, 1.165) is 5.56 Å². The molecule has 1 unspecified atom stereocenters. The number of anilines is 2. The zero-order valence-electron chi connectivity index (χ0n) is 10.9. The van der Waals surface area contributed by atoms with Gasteiger partial charge >= 0.3 is 0 Å². The van der Waals surface area contributed by atoms with Gasteiger partial charge in [-0.3, -0.25) is 4.79 Å². The molecule has 1 aliphatic heterocycles. The standard InChI is InChI=1S/C15H12BrFN2O2/c16-10-6-12-13(7-11(10)17)19-15(21)14(18-12)5-8-1-3-9(20)4-2-8/h1-4,6-7,14,18,20H,5H2,(H,19,21). The van der Waals surface area contributed by atoms with E-state index in [4.69, 9.17) is 0 Å². The molecular weight excluding hydrogens is 339 g/mol. The molecule has 1 atom stereocenters. The van der Waals surface area contributed by atoms with Crippen molar-refractivity contribution in [1.29, 1.82) is 0 Å². The largest absolute Gasteiger partial charge is 0.508 e. The molecule has 1 aliphatic rings. The molecule has 0 aromatic heterocycles. The summed E-state index contributed by atoms with van der Waals surface area (Å²) >= 11 is 3.13. The number of halogens is 2. The summed E-state index contributed by atoms with van der Waals surface area (Å²) in [5.74, 6) is -0.449. The normalized spacial score (nSPS) is 16.9. The Morgan fingerprint density at radius 1 is 1.19 bits per heavy atom. The lowest BCUT2D eigenvalue weighted by atomic mass is 10.0. The maximum absolute atomic E-state index is 13.5. The molecule has 4 nitrogen and oxygen atoms in total. The third-order valence-corrected chi connectivity index (χ3v) is 3.95. The zero-order valence-corrected chi connectivity index (χ0v) is 12.4. The monoisotopic (exact) mass is 350 g/mol. The quantitative estimate of drug-likeness (QED) is 0.778. The minimum atomic E-state index is -0.445. The molecular formula is C15H12BrFN2O2. The van der Waals surface area contributed by atoms with Gasteiger partial charge in [-0.05, 0) is 39.7 Å². The number of amides is 1. The van der Waals surface area contributed by atoms with Crippen molar-refractivity contribution >= 4 is 33.2 Å². The van der Waals surface area contributed by atoms with E-state index in [2.05, 4.69) is 26.6 Å². The lowest BCUT2D eigenvalue weighted by Crippen LogP contribution is -2.40. The summed E-state index contributed by atoms with van der Waals surface area (Å²) in [6, 6.07) is 9.13. The van der Waals surface area contributed by atoms with Crippen LogP contribution in [0.4, 0.5) is 15.8 Å². The molecule has 21 heavy (non-hydrogen) atoms. The Morgan fingerprint density at radius 2 is 1.90 bits per heavy atom. The van der Waals surface area contributed by atoms with Crippen molar-refractivity contribution < 1.29 is 14.3 Å². The van der Waals surface area contributed by atoms with Crippen LogP contribution in [0.1, 0.15) is 5.56 Å². The van der Waals surface area contributed by atoms with Crippen molar-refractivity contribution in [3.05, 3.63) is 52.3 Å². The van der Waals surface area contributed by atoms with Gasteiger partial charge in [-0.2, -0.15) is 0 Å². The first-order chi connectivity index (χ1) is 10.0. The summed E-state index contributed by atoms with van der Waals surface area (Å²) in [5, 5.41) is 15.1. The van der Waals surface area contributed by atoms with Crippen LogP contribution in [0.5, 0.6) is 5.75 Å². The highest BCUT2D eigenvalue weighted by atomic mass is 79.9. The number of carbonyl (C=O) groups excluding carboxylic acids is 1. The van der Waals surface area contributed by atoms with Crippen LogP contribution in [0.2, 0.25) is 0 Å². The number of aromatic hydroxyl groups is 1. The minimum Gasteiger partial charge on any atom is -0.508 e. The van der Waals surface area contributed by atoms with Crippen molar-refractivity contribution in [3.63, 3.8) is 0 Å². The summed E-state index contributed by atoms with van der Waals surface area (Å²) in [5.41, 5.74) is 2.03. The number of benzene rings is 2. The summed E-state index contributed by atoms with van der Waals surface area (Å²) in [6.45, 7) is 0. The fraction of sp³-hybridized carbons (Fsp3) is 0.133. The maximum atomic E-state index is 13.5. The highest BCUT2D eigenvalue weighted by molar-refractivity contribution is 9.10. The third-order valence-electron chi connectivity index (χ3n) is 3.34. The van der Waals surface area contributed by atoms with E-state index in [0.29, 0.717) is 22.3 Å². The second kappa shape index (κ2) is 5.37. The molecule has 0 fully saturated rings. The predicted molar refractivity (Wildman–Crippen MR) is 82.0 cm³/mol. The van der Waals surface area contributed by atoms with Gasteiger partial charge in [-0.15, -0.1) is 0 Å². The smallest absolute Gasteiger partial charge is 0.247 e. The van der Waals surface area contributed by atoms with Crippen LogP contribution in [0, 0.1) is 5.82 Å². The molecule has 2 aromatic carbocycles. The van der Waals surface area contributed by atoms with Crippen LogP contribution in [0.3, 0.4) is 0 Å². The molecule has 0 saturated carbocycles. The molecule has 6 heteroatoms. The Labute approximate surface area is 129 Å². The van der Waals surface area contributed by atoms with Gasteiger partial charge in [0, 0.05) is 12.5 Å². The van der Waals surface area contributed by atoms with E-state index >= 15 is 0 Å². The fourth-order valence-corrected chi connectivity index (χ4v) is 2.60. The third kappa shape index (κ3) is 2.85. The van der Waals surface area contributed by atoms with Gasteiger partial charge < -0.3 is 15.7 Å². The molecule has 0 bridgehead atoms. The summed E-state index contributed by atoms with van der Waals surface area (Å²) in [7, 11) is 0. The summed E-state index contributed by atoms with van der Waals surface area (Å²) < 4.78 is 13.8. The van der Waals surface area contributed by atoms with Crippen LogP contribution >= 0.6 is 15.9 Å². The van der Waals surface area contributed by atoms with Gasteiger partial charge in [-0.25, -0.2) is 4.39 Å². The van der Waals surface area contributed by atoms with Crippen molar-refractivity contribution in [2.24, 2.45) is 0 Å². The predicted octanol–water partition coefficient (Wildman–Crippen LogP) is 3.27. The van der Waals surface area contributed by atoms with Crippen LogP contribution in [0.15, 0.2) is 40.9 Å². The first-order valence-electron chi connectivity index (χ1n) is 6.37. The van der Waals surface area contributed by atoms with Crippen molar-refractivity contribution in [2.75, 3.05) is 10.6 Å². The van der Waals surface area contributed by atoms with E-state index in [1.54, 1.807) is 30.3 Å². The molecule has 108 valence electrons. The Bertz CT molecular complexity index is 704. The number of rotatable bonds is 2. The summed E-state index contributed by atoms with van der Waals surface area (Å²) in [6.07, 6.45) is 0.473. The van der Waals surface area contributed by atoms with Gasteiger partial charge in [0.05, 0.1) is 15.8 Å². The lowest BCUT2D eigenvalue weighted by molar-refractivity contribution is -0.117. The Balaban J connectivity index is 1.83. The van der Waals surface area contributed by atoms with Crippen LogP contribution < -0.4 is 10.6 Å². The highest BCUT2D eigenvalue weighted by Gasteiger charge is 2.26. The minimum absolute atomic E-state index is 0.185. The van der Waals surface area contributed by atoms with Crippen LogP contribution in [-0.2, 0) is 11.2 Å². The number of phenols is 1. The van der Waals surface area contributed by atoms with Crippen LogP contribution in [0.25, 0.3) is 0 Å². The Morgan fingerprint density at radius 3 is 2.62 bits per heavy atom. The SMILES string of the molecule is O=C1Nc2cc(F)c(Br)cc2NC1Cc1ccc(O)cc1. The van der Waals surface area contributed by atoms with Gasteiger partial charge in [0.15, 0.2) is 0 Å². The molecule has 3 N–H and O–H groups in total. The average Bonchev–Trinajstić information content (AvgIpc) is 2.44. The zero-order chi connectivity index (χ0) is 15.0. The van der Waals surface area contributed by atoms with Crippen molar-refractivity contribution in [3.8, 4) is 5.75 Å². The van der Waals surface area contributed by atoms with Crippen molar-refractivity contribution in [2.45, 2.75) is 12.5 Å². The topological polar surface area (TPSA) is 61.4 Å². The van der Waals surface area contributed by atoms with Crippen LogP contribution in [-0.4, -0.2) is 17.1 Å². The molecule has 1 heterocycles. The molecule has 0 radical (unpaired) electrons. The maximum Gasteiger partial charge on any atom is 0.247 e. The van der Waals surface area contributed by atoms with Gasteiger partial charge in [0.25, 0.3) is 0 Å². The highest BCUT2D eigenvalue weighted by Crippen LogP contribution is 2.32. The first-order valence-corrected chi connectivity index (χ1v) is 7.16. The molecule has 3 rings (SSSR count). The Hall–Kier alpha value is -2.08. The second-order valence-corrected chi connectivity index (χ2v) is 5.72. The Kier molecular flexibility index (Phi) is 3.55. The van der Waals surface area contributed by atoms with Gasteiger partial charge in [0.1, 0.15) is 17.6 Å². The van der Waals surface area contributed by atoms with E-state index in [1.165, 1.54) is 6.07 Å². The number of fused-ring (bicyclic) bond motifs is 1. The molecule has 0 saturated heterocycles. The van der Waals surface area contributed by atoms with E-state index < -0.39 is 11.9 Å². The first kappa shape index (κ1) is 13.9. The summed E-state index contributed by atoms with van der Waals surface area (Å²) in [4.78, 5) is 12.1.